The zero-order valence-electron chi connectivity index (χ0n) is 15.4. The van der Waals surface area contributed by atoms with Crippen LogP contribution in [0, 0.1) is 0 Å². The van der Waals surface area contributed by atoms with Crippen molar-refractivity contribution in [3.63, 3.8) is 0 Å². The maximum absolute atomic E-state index is 11.6. The number of urea groups is 1. The summed E-state index contributed by atoms with van der Waals surface area (Å²) in [5.41, 5.74) is -0.154. The van der Waals surface area contributed by atoms with E-state index in [1.54, 1.807) is 0 Å². The second-order valence-corrected chi connectivity index (χ2v) is 7.50. The van der Waals surface area contributed by atoms with Crippen LogP contribution in [-0.2, 0) is 10.2 Å². The van der Waals surface area contributed by atoms with Crippen molar-refractivity contribution in [3.8, 4) is 5.75 Å². The van der Waals surface area contributed by atoms with E-state index in [9.17, 15) is 14.7 Å². The molecule has 25 heavy (non-hydrogen) atoms. The van der Waals surface area contributed by atoms with E-state index in [1.165, 1.54) is 19.4 Å². The van der Waals surface area contributed by atoms with Gasteiger partial charge in [0.2, 0.25) is 0 Å². The first-order chi connectivity index (χ1) is 11.4. The van der Waals surface area contributed by atoms with E-state index in [1.807, 2.05) is 24.3 Å². The molecule has 140 valence electrons. The molecule has 0 bridgehead atoms. The second kappa shape index (κ2) is 8.20. The van der Waals surface area contributed by atoms with Gasteiger partial charge >= 0.3 is 12.0 Å². The minimum atomic E-state index is -1.39. The zero-order chi connectivity index (χ0) is 19.3. The lowest BCUT2D eigenvalue weighted by atomic mass is 9.87. The summed E-state index contributed by atoms with van der Waals surface area (Å²) < 4.78 is 5.49. The SMILES string of the molecule is CC(C)(NC(=O)NC[C@H](O)COc1ccc(C(C)(C)C)cc1)C(=O)O. The van der Waals surface area contributed by atoms with Crippen molar-refractivity contribution in [2.45, 2.75) is 51.7 Å². The molecule has 0 saturated carbocycles. The van der Waals surface area contributed by atoms with Gasteiger partial charge in [-0.25, -0.2) is 9.59 Å². The molecule has 7 nitrogen and oxygen atoms in total. The third-order valence-corrected chi connectivity index (χ3v) is 3.62. The van der Waals surface area contributed by atoms with Gasteiger partial charge in [0, 0.05) is 6.54 Å². The first kappa shape index (κ1) is 20.8. The lowest BCUT2D eigenvalue weighted by Crippen LogP contribution is -2.54. The number of nitrogens with one attached hydrogen (secondary N) is 2. The minimum Gasteiger partial charge on any atom is -0.491 e. The van der Waals surface area contributed by atoms with Crippen LogP contribution in [0.15, 0.2) is 24.3 Å². The van der Waals surface area contributed by atoms with Gasteiger partial charge in [-0.3, -0.25) is 0 Å². The number of amides is 2. The highest BCUT2D eigenvalue weighted by Crippen LogP contribution is 2.24. The first-order valence-corrected chi connectivity index (χ1v) is 8.12. The number of hydrogen-bond acceptors (Lipinski definition) is 4. The number of carbonyl (C=O) groups is 2. The molecule has 0 aliphatic heterocycles. The number of aliphatic hydroxyl groups is 1. The molecule has 0 aliphatic rings. The molecule has 0 aromatic heterocycles. The van der Waals surface area contributed by atoms with E-state index < -0.39 is 23.6 Å². The Morgan fingerprint density at radius 1 is 1.12 bits per heavy atom. The number of aliphatic hydroxyl groups excluding tert-OH is 1. The molecule has 2 amide bonds. The summed E-state index contributed by atoms with van der Waals surface area (Å²) in [6.45, 7) is 9.06. The highest BCUT2D eigenvalue weighted by molar-refractivity contribution is 5.85. The van der Waals surface area contributed by atoms with Gasteiger partial charge in [-0.1, -0.05) is 32.9 Å². The molecule has 7 heteroatoms. The largest absolute Gasteiger partial charge is 0.491 e. The Morgan fingerprint density at radius 3 is 2.16 bits per heavy atom. The number of carboxylic acid groups (broad SMARTS) is 1. The molecule has 4 N–H and O–H groups in total. The zero-order valence-corrected chi connectivity index (χ0v) is 15.4. The predicted molar refractivity (Wildman–Crippen MR) is 94.9 cm³/mol. The molecule has 0 saturated heterocycles. The monoisotopic (exact) mass is 352 g/mol. The maximum Gasteiger partial charge on any atom is 0.328 e. The van der Waals surface area contributed by atoms with E-state index in [0.717, 1.165) is 0 Å². The Bertz CT molecular complexity index is 590. The van der Waals surface area contributed by atoms with Crippen molar-refractivity contribution in [1.82, 2.24) is 10.6 Å². The quantitative estimate of drug-likeness (QED) is 0.599. The van der Waals surface area contributed by atoms with Crippen LogP contribution in [0.25, 0.3) is 0 Å². The van der Waals surface area contributed by atoms with E-state index in [2.05, 4.69) is 31.4 Å². The second-order valence-electron chi connectivity index (χ2n) is 7.50. The Kier molecular flexibility index (Phi) is 6.81. The standard InChI is InChI=1S/C18H28N2O5/c1-17(2,3)12-6-8-14(9-7-12)25-11-13(21)10-19-16(24)20-18(4,5)15(22)23/h6-9,13,21H,10-11H2,1-5H3,(H,22,23)(H2,19,20,24)/t13-/m0/s1. The third-order valence-electron chi connectivity index (χ3n) is 3.62. The number of carboxylic acids is 1. The molecule has 1 rings (SSSR count). The van der Waals surface area contributed by atoms with E-state index in [4.69, 9.17) is 9.84 Å². The summed E-state index contributed by atoms with van der Waals surface area (Å²) in [7, 11) is 0. The normalized spacial score (nSPS) is 13.0. The van der Waals surface area contributed by atoms with Crippen LogP contribution in [0.5, 0.6) is 5.75 Å². The summed E-state index contributed by atoms with van der Waals surface area (Å²) >= 11 is 0. The summed E-state index contributed by atoms with van der Waals surface area (Å²) in [6.07, 6.45) is -0.916. The van der Waals surface area contributed by atoms with Gasteiger partial charge in [0.15, 0.2) is 0 Å². The fourth-order valence-corrected chi connectivity index (χ4v) is 1.89. The van der Waals surface area contributed by atoms with Crippen LogP contribution in [0.3, 0.4) is 0 Å². The molecule has 0 unspecified atom stereocenters. The van der Waals surface area contributed by atoms with Crippen LogP contribution in [0.2, 0.25) is 0 Å². The van der Waals surface area contributed by atoms with Crippen molar-refractivity contribution in [2.75, 3.05) is 13.2 Å². The lowest BCUT2D eigenvalue weighted by molar-refractivity contribution is -0.142. The summed E-state index contributed by atoms with van der Waals surface area (Å²) in [4.78, 5) is 22.6. The third kappa shape index (κ3) is 7.01. The fraction of sp³-hybridized carbons (Fsp3) is 0.556. The van der Waals surface area contributed by atoms with Crippen molar-refractivity contribution in [2.24, 2.45) is 0 Å². The molecule has 0 aliphatic carbocycles. The minimum absolute atomic E-state index is 0.0114. The number of carbonyl (C=O) groups excluding carboxylic acids is 1. The Labute approximate surface area is 148 Å². The molecular formula is C18H28N2O5. The number of aliphatic carboxylic acids is 1. The predicted octanol–water partition coefficient (Wildman–Crippen LogP) is 1.89. The fourth-order valence-electron chi connectivity index (χ4n) is 1.89. The molecule has 0 fully saturated rings. The van der Waals surface area contributed by atoms with Gasteiger partial charge in [0.05, 0.1) is 0 Å². The number of benzene rings is 1. The Balaban J connectivity index is 2.39. The van der Waals surface area contributed by atoms with Gasteiger partial charge in [-0.15, -0.1) is 0 Å². The Morgan fingerprint density at radius 2 is 1.68 bits per heavy atom. The van der Waals surface area contributed by atoms with Gasteiger partial charge in [-0.05, 0) is 37.0 Å². The van der Waals surface area contributed by atoms with Gasteiger partial charge in [-0.2, -0.15) is 0 Å². The van der Waals surface area contributed by atoms with Crippen molar-refractivity contribution in [3.05, 3.63) is 29.8 Å². The average molecular weight is 352 g/mol. The summed E-state index contributed by atoms with van der Waals surface area (Å²) in [5.74, 6) is -0.520. The van der Waals surface area contributed by atoms with Crippen LogP contribution >= 0.6 is 0 Å². The number of ether oxygens (including phenoxy) is 1. The molecule has 1 aromatic rings. The van der Waals surface area contributed by atoms with Crippen LogP contribution in [0.1, 0.15) is 40.2 Å². The van der Waals surface area contributed by atoms with E-state index in [0.29, 0.717) is 5.75 Å². The van der Waals surface area contributed by atoms with Crippen molar-refractivity contribution in [1.29, 1.82) is 0 Å². The van der Waals surface area contributed by atoms with Crippen LogP contribution in [0.4, 0.5) is 4.79 Å². The van der Waals surface area contributed by atoms with E-state index >= 15 is 0 Å². The van der Waals surface area contributed by atoms with E-state index in [-0.39, 0.29) is 18.6 Å². The molecular weight excluding hydrogens is 324 g/mol. The summed E-state index contributed by atoms with van der Waals surface area (Å²) in [6, 6.07) is 6.95. The van der Waals surface area contributed by atoms with Crippen molar-refractivity contribution >= 4 is 12.0 Å². The smallest absolute Gasteiger partial charge is 0.328 e. The van der Waals surface area contributed by atoms with Crippen molar-refractivity contribution < 1.29 is 24.5 Å². The molecule has 1 aromatic carbocycles. The molecule has 0 spiro atoms. The number of rotatable bonds is 7. The van der Waals surface area contributed by atoms with Gasteiger partial charge < -0.3 is 25.6 Å². The maximum atomic E-state index is 11.6. The van der Waals surface area contributed by atoms with Gasteiger partial charge in [0.25, 0.3) is 0 Å². The Hall–Kier alpha value is -2.28. The first-order valence-electron chi connectivity index (χ1n) is 8.12. The highest BCUT2D eigenvalue weighted by atomic mass is 16.5. The number of hydrogen-bond donors (Lipinski definition) is 4. The van der Waals surface area contributed by atoms with Gasteiger partial charge in [0.1, 0.15) is 24.0 Å². The summed E-state index contributed by atoms with van der Waals surface area (Å²) in [5, 5.41) is 23.5. The average Bonchev–Trinajstić information content (AvgIpc) is 2.50. The molecule has 1 atom stereocenters. The molecule has 0 radical (unpaired) electrons. The topological polar surface area (TPSA) is 108 Å². The highest BCUT2D eigenvalue weighted by Gasteiger charge is 2.28. The van der Waals surface area contributed by atoms with Crippen LogP contribution in [-0.4, -0.2) is 47.0 Å². The lowest BCUT2D eigenvalue weighted by Gasteiger charge is -2.22. The molecule has 0 heterocycles. The van der Waals surface area contributed by atoms with Crippen LogP contribution < -0.4 is 15.4 Å².